The van der Waals surface area contributed by atoms with Gasteiger partial charge in [0.15, 0.2) is 0 Å². The zero-order chi connectivity index (χ0) is 13.0. The SMILES string of the molecule is COC(=O)CCN1CC(C)CC(NCC2CC2)C1. The smallest absolute Gasteiger partial charge is 0.306 e. The molecule has 0 aromatic heterocycles. The van der Waals surface area contributed by atoms with Gasteiger partial charge in [0.25, 0.3) is 0 Å². The molecule has 2 unspecified atom stereocenters. The number of esters is 1. The largest absolute Gasteiger partial charge is 0.469 e. The number of ether oxygens (including phenoxy) is 1. The number of nitrogens with one attached hydrogen (secondary N) is 1. The van der Waals surface area contributed by atoms with Gasteiger partial charge in [-0.1, -0.05) is 6.92 Å². The average molecular weight is 254 g/mol. The highest BCUT2D eigenvalue weighted by Gasteiger charge is 2.27. The van der Waals surface area contributed by atoms with Crippen molar-refractivity contribution in [3.05, 3.63) is 0 Å². The molecule has 1 aliphatic heterocycles. The van der Waals surface area contributed by atoms with Crippen LogP contribution in [0.4, 0.5) is 0 Å². The quantitative estimate of drug-likeness (QED) is 0.725. The second kappa shape index (κ2) is 6.53. The fourth-order valence-electron chi connectivity index (χ4n) is 2.80. The van der Waals surface area contributed by atoms with Gasteiger partial charge in [-0.2, -0.15) is 0 Å². The van der Waals surface area contributed by atoms with Crippen LogP contribution in [-0.2, 0) is 9.53 Å². The Morgan fingerprint density at radius 3 is 2.83 bits per heavy atom. The molecule has 2 aliphatic rings. The molecule has 0 aromatic carbocycles. The molecule has 0 amide bonds. The zero-order valence-electron chi connectivity index (χ0n) is 11.7. The number of carbonyl (C=O) groups excluding carboxylic acids is 1. The van der Waals surface area contributed by atoms with Gasteiger partial charge in [-0.25, -0.2) is 0 Å². The highest BCUT2D eigenvalue weighted by molar-refractivity contribution is 5.69. The van der Waals surface area contributed by atoms with Crippen LogP contribution in [0.15, 0.2) is 0 Å². The van der Waals surface area contributed by atoms with Crippen molar-refractivity contribution in [1.82, 2.24) is 10.2 Å². The lowest BCUT2D eigenvalue weighted by molar-refractivity contribution is -0.141. The van der Waals surface area contributed by atoms with Crippen LogP contribution in [0.5, 0.6) is 0 Å². The second-order valence-corrected chi connectivity index (χ2v) is 5.98. The van der Waals surface area contributed by atoms with Crippen molar-refractivity contribution in [2.45, 2.75) is 38.6 Å². The summed E-state index contributed by atoms with van der Waals surface area (Å²) in [7, 11) is 1.46. The Kier molecular flexibility index (Phi) is 5.01. The lowest BCUT2D eigenvalue weighted by Crippen LogP contribution is -2.49. The predicted molar refractivity (Wildman–Crippen MR) is 71.4 cm³/mol. The molecule has 2 atom stereocenters. The Labute approximate surface area is 110 Å². The van der Waals surface area contributed by atoms with Crippen molar-refractivity contribution in [3.63, 3.8) is 0 Å². The Morgan fingerprint density at radius 1 is 1.39 bits per heavy atom. The molecule has 1 aliphatic carbocycles. The number of nitrogens with zero attached hydrogens (tertiary/aromatic N) is 1. The van der Waals surface area contributed by atoms with Gasteiger partial charge in [-0.05, 0) is 37.6 Å². The fraction of sp³-hybridized carbons (Fsp3) is 0.929. The van der Waals surface area contributed by atoms with E-state index in [1.165, 1.54) is 32.9 Å². The van der Waals surface area contributed by atoms with E-state index in [0.717, 1.165) is 25.6 Å². The molecule has 2 rings (SSSR count). The van der Waals surface area contributed by atoms with Crippen molar-refractivity contribution in [2.24, 2.45) is 11.8 Å². The van der Waals surface area contributed by atoms with Gasteiger partial charge < -0.3 is 15.0 Å². The summed E-state index contributed by atoms with van der Waals surface area (Å²) >= 11 is 0. The minimum absolute atomic E-state index is 0.101. The Morgan fingerprint density at radius 2 is 2.17 bits per heavy atom. The Hall–Kier alpha value is -0.610. The minimum atomic E-state index is -0.101. The van der Waals surface area contributed by atoms with E-state index in [9.17, 15) is 4.79 Å². The molecule has 0 aromatic rings. The van der Waals surface area contributed by atoms with Gasteiger partial charge in [0.1, 0.15) is 0 Å². The topological polar surface area (TPSA) is 41.6 Å². The molecule has 0 spiro atoms. The lowest BCUT2D eigenvalue weighted by Gasteiger charge is -2.36. The van der Waals surface area contributed by atoms with Gasteiger partial charge in [0.2, 0.25) is 0 Å². The van der Waals surface area contributed by atoms with Crippen LogP contribution in [-0.4, -0.2) is 50.2 Å². The van der Waals surface area contributed by atoms with Crippen LogP contribution >= 0.6 is 0 Å². The first-order valence-corrected chi connectivity index (χ1v) is 7.20. The van der Waals surface area contributed by atoms with Crippen LogP contribution in [0.25, 0.3) is 0 Å². The molecule has 1 saturated carbocycles. The highest BCUT2D eigenvalue weighted by atomic mass is 16.5. The molecule has 0 bridgehead atoms. The van der Waals surface area contributed by atoms with E-state index in [1.807, 2.05) is 0 Å². The predicted octanol–water partition coefficient (Wildman–Crippen LogP) is 1.26. The van der Waals surface area contributed by atoms with Crippen molar-refractivity contribution in [1.29, 1.82) is 0 Å². The van der Waals surface area contributed by atoms with Crippen molar-refractivity contribution < 1.29 is 9.53 Å². The Bertz CT molecular complexity index is 279. The number of hydrogen-bond donors (Lipinski definition) is 1. The third-order valence-corrected chi connectivity index (χ3v) is 3.99. The summed E-state index contributed by atoms with van der Waals surface area (Å²) < 4.78 is 4.70. The van der Waals surface area contributed by atoms with Crippen molar-refractivity contribution in [2.75, 3.05) is 33.3 Å². The number of carbonyl (C=O) groups is 1. The van der Waals surface area contributed by atoms with Crippen LogP contribution < -0.4 is 5.32 Å². The number of likely N-dealkylation sites (tertiary alicyclic amines) is 1. The van der Waals surface area contributed by atoms with Gasteiger partial charge in [0.05, 0.1) is 13.5 Å². The summed E-state index contributed by atoms with van der Waals surface area (Å²) in [6.45, 7) is 6.50. The van der Waals surface area contributed by atoms with Crippen molar-refractivity contribution in [3.8, 4) is 0 Å². The normalized spacial score (nSPS) is 29.2. The third kappa shape index (κ3) is 4.58. The third-order valence-electron chi connectivity index (χ3n) is 3.99. The zero-order valence-corrected chi connectivity index (χ0v) is 11.7. The van der Waals surface area contributed by atoms with Crippen LogP contribution in [0.2, 0.25) is 0 Å². The molecule has 18 heavy (non-hydrogen) atoms. The molecule has 2 fully saturated rings. The van der Waals surface area contributed by atoms with Crippen LogP contribution in [0.1, 0.15) is 32.6 Å². The lowest BCUT2D eigenvalue weighted by atomic mass is 9.95. The maximum Gasteiger partial charge on any atom is 0.306 e. The van der Waals surface area contributed by atoms with E-state index < -0.39 is 0 Å². The monoisotopic (exact) mass is 254 g/mol. The fourth-order valence-corrected chi connectivity index (χ4v) is 2.80. The highest BCUT2D eigenvalue weighted by Crippen LogP contribution is 2.28. The maximum atomic E-state index is 11.2. The maximum absolute atomic E-state index is 11.2. The van der Waals surface area contributed by atoms with Crippen LogP contribution in [0, 0.1) is 11.8 Å². The summed E-state index contributed by atoms with van der Waals surface area (Å²) in [5, 5.41) is 3.69. The molecular formula is C14H26N2O2. The first-order valence-electron chi connectivity index (χ1n) is 7.20. The van der Waals surface area contributed by atoms with E-state index in [2.05, 4.69) is 17.1 Å². The molecule has 0 radical (unpaired) electrons. The summed E-state index contributed by atoms with van der Waals surface area (Å²) in [6, 6.07) is 0.604. The number of rotatable bonds is 6. The van der Waals surface area contributed by atoms with Gasteiger partial charge in [0, 0.05) is 25.7 Å². The number of piperidine rings is 1. The van der Waals surface area contributed by atoms with E-state index in [4.69, 9.17) is 4.74 Å². The first-order chi connectivity index (χ1) is 8.67. The molecule has 4 heteroatoms. The Balaban J connectivity index is 1.70. The number of hydrogen-bond acceptors (Lipinski definition) is 4. The van der Waals surface area contributed by atoms with Crippen molar-refractivity contribution >= 4 is 5.97 Å². The summed E-state index contributed by atoms with van der Waals surface area (Å²) in [4.78, 5) is 13.6. The van der Waals surface area contributed by atoms with E-state index in [-0.39, 0.29) is 5.97 Å². The average Bonchev–Trinajstić information content (AvgIpc) is 3.17. The molecule has 104 valence electrons. The summed E-state index contributed by atoms with van der Waals surface area (Å²) in [5.41, 5.74) is 0. The molecular weight excluding hydrogens is 228 g/mol. The summed E-state index contributed by atoms with van der Waals surface area (Å²) in [6.07, 6.45) is 4.59. The minimum Gasteiger partial charge on any atom is -0.469 e. The van der Waals surface area contributed by atoms with E-state index in [0.29, 0.717) is 18.4 Å². The number of methoxy groups -OCH3 is 1. The van der Waals surface area contributed by atoms with Gasteiger partial charge >= 0.3 is 5.97 Å². The van der Waals surface area contributed by atoms with E-state index >= 15 is 0 Å². The van der Waals surface area contributed by atoms with Crippen LogP contribution in [0.3, 0.4) is 0 Å². The molecule has 1 saturated heterocycles. The van der Waals surface area contributed by atoms with Gasteiger partial charge in [-0.3, -0.25) is 4.79 Å². The molecule has 1 N–H and O–H groups in total. The molecule has 1 heterocycles. The van der Waals surface area contributed by atoms with Gasteiger partial charge in [-0.15, -0.1) is 0 Å². The molecule has 4 nitrogen and oxygen atoms in total. The first kappa shape index (κ1) is 13.8. The summed E-state index contributed by atoms with van der Waals surface area (Å²) in [5.74, 6) is 1.55. The van der Waals surface area contributed by atoms with E-state index in [1.54, 1.807) is 0 Å². The standard InChI is InChI=1S/C14H26N2O2/c1-11-7-13(15-8-12-3-4-12)10-16(9-11)6-5-14(17)18-2/h11-13,15H,3-10H2,1-2H3. The second-order valence-electron chi connectivity index (χ2n) is 5.98.